The fourth-order valence-corrected chi connectivity index (χ4v) is 5.49. The van der Waals surface area contributed by atoms with Gasteiger partial charge >= 0.3 is 0 Å². The number of rotatable bonds is 2. The van der Waals surface area contributed by atoms with Crippen LogP contribution >= 0.6 is 0 Å². The third-order valence-electron chi connectivity index (χ3n) is 7.30. The van der Waals surface area contributed by atoms with Crippen molar-refractivity contribution in [3.8, 4) is 5.75 Å². The molecule has 158 valence electrons. The number of likely N-dealkylation sites (tertiary alicyclic amines) is 1. The van der Waals surface area contributed by atoms with Gasteiger partial charge in [0.25, 0.3) is 0 Å². The van der Waals surface area contributed by atoms with Crippen LogP contribution in [0.5, 0.6) is 5.75 Å². The quantitative estimate of drug-likeness (QED) is 0.551. The molecule has 6 rings (SSSR count). The van der Waals surface area contributed by atoms with E-state index in [0.717, 1.165) is 38.1 Å². The molecule has 1 saturated heterocycles. The lowest BCUT2D eigenvalue weighted by Crippen LogP contribution is -2.59. The molecule has 0 aromatic heterocycles. The maximum absolute atomic E-state index is 6.75. The normalized spacial score (nSPS) is 22.4. The number of nitrogens with zero attached hydrogens (tertiary/aromatic N) is 3. The topological polar surface area (TPSA) is 28.1 Å². The molecule has 4 heteroatoms. The summed E-state index contributed by atoms with van der Waals surface area (Å²) >= 11 is 0. The molecule has 3 aromatic carbocycles. The molecule has 0 N–H and O–H groups in total. The highest BCUT2D eigenvalue weighted by Crippen LogP contribution is 2.50. The Labute approximate surface area is 184 Å². The van der Waals surface area contributed by atoms with Crippen molar-refractivity contribution in [3.05, 3.63) is 77.9 Å². The smallest absolute Gasteiger partial charge is 0.200 e. The van der Waals surface area contributed by atoms with Gasteiger partial charge in [0.1, 0.15) is 5.75 Å². The van der Waals surface area contributed by atoms with E-state index in [1.165, 1.54) is 27.6 Å². The first-order valence-corrected chi connectivity index (χ1v) is 11.5. The summed E-state index contributed by atoms with van der Waals surface area (Å²) in [5.74, 6) is 1.04. The molecule has 3 aliphatic heterocycles. The van der Waals surface area contributed by atoms with Crippen LogP contribution in [0.4, 0.5) is 0 Å². The number of fused-ring (bicyclic) bond motifs is 5. The van der Waals surface area contributed by atoms with Crippen molar-refractivity contribution in [1.29, 1.82) is 0 Å². The minimum absolute atomic E-state index is 0.247. The van der Waals surface area contributed by atoms with Gasteiger partial charge in [-0.3, -0.25) is 0 Å². The van der Waals surface area contributed by atoms with Crippen LogP contribution in [0.2, 0.25) is 0 Å². The predicted molar refractivity (Wildman–Crippen MR) is 125 cm³/mol. The standard InChI is InChI=1S/C27H29N3O/c1-19(2)29-15-13-27(14-16-29)30-25(23-9-5-6-10-26(23)31-27)18-24(28-30)22-12-11-20-7-3-4-8-21(20)17-22/h3-12,17,19,25H,13-16,18H2,1-2H3. The van der Waals surface area contributed by atoms with E-state index < -0.39 is 0 Å². The molecular weight excluding hydrogens is 382 g/mol. The van der Waals surface area contributed by atoms with Gasteiger partial charge in [-0.2, -0.15) is 5.10 Å². The Morgan fingerprint density at radius 3 is 2.48 bits per heavy atom. The van der Waals surface area contributed by atoms with E-state index in [0.29, 0.717) is 6.04 Å². The highest BCUT2D eigenvalue weighted by molar-refractivity contribution is 6.04. The SMILES string of the molecule is CC(C)N1CCC2(CC1)Oc1ccccc1C1CC(c3ccc4ccccc4c3)=NN12. The monoisotopic (exact) mass is 411 g/mol. The zero-order valence-electron chi connectivity index (χ0n) is 18.3. The van der Waals surface area contributed by atoms with Crippen molar-refractivity contribution in [2.75, 3.05) is 13.1 Å². The van der Waals surface area contributed by atoms with Crippen LogP contribution in [-0.4, -0.2) is 40.5 Å². The second kappa shape index (κ2) is 7.10. The number of benzene rings is 3. The van der Waals surface area contributed by atoms with Crippen molar-refractivity contribution in [3.63, 3.8) is 0 Å². The Kier molecular flexibility index (Phi) is 4.32. The number of piperidine rings is 1. The predicted octanol–water partition coefficient (Wildman–Crippen LogP) is 5.58. The van der Waals surface area contributed by atoms with Crippen molar-refractivity contribution in [1.82, 2.24) is 9.91 Å². The first-order valence-electron chi connectivity index (χ1n) is 11.5. The molecule has 0 amide bonds. The van der Waals surface area contributed by atoms with Gasteiger partial charge in [0.05, 0.1) is 11.8 Å². The second-order valence-electron chi connectivity index (χ2n) is 9.39. The molecule has 3 aliphatic rings. The molecule has 1 atom stereocenters. The maximum atomic E-state index is 6.75. The lowest BCUT2D eigenvalue weighted by atomic mass is 9.90. The van der Waals surface area contributed by atoms with Crippen LogP contribution in [0.1, 0.15) is 50.3 Å². The number of ether oxygens (including phenoxy) is 1. The molecule has 1 fully saturated rings. The molecule has 0 radical (unpaired) electrons. The van der Waals surface area contributed by atoms with Gasteiger partial charge in [0.15, 0.2) is 0 Å². The van der Waals surface area contributed by atoms with E-state index in [2.05, 4.69) is 90.5 Å². The Bertz CT molecular complexity index is 1160. The summed E-state index contributed by atoms with van der Waals surface area (Å²) in [6.45, 7) is 6.65. The van der Waals surface area contributed by atoms with Gasteiger partial charge in [-0.25, -0.2) is 5.01 Å². The third kappa shape index (κ3) is 3.04. The summed E-state index contributed by atoms with van der Waals surface area (Å²) in [7, 11) is 0. The van der Waals surface area contributed by atoms with Crippen LogP contribution in [-0.2, 0) is 0 Å². The number of hydrazone groups is 1. The fraction of sp³-hybridized carbons (Fsp3) is 0.370. The minimum atomic E-state index is -0.344. The van der Waals surface area contributed by atoms with Crippen molar-refractivity contribution >= 4 is 16.5 Å². The van der Waals surface area contributed by atoms with E-state index in [4.69, 9.17) is 9.84 Å². The van der Waals surface area contributed by atoms with Crippen LogP contribution < -0.4 is 4.74 Å². The molecule has 0 saturated carbocycles. The minimum Gasteiger partial charge on any atom is -0.466 e. The van der Waals surface area contributed by atoms with Gasteiger partial charge in [-0.1, -0.05) is 54.6 Å². The number of para-hydroxylation sites is 1. The second-order valence-corrected chi connectivity index (χ2v) is 9.39. The molecule has 0 bridgehead atoms. The van der Waals surface area contributed by atoms with Crippen LogP contribution in [0, 0.1) is 0 Å². The van der Waals surface area contributed by atoms with Crippen LogP contribution in [0.3, 0.4) is 0 Å². The molecular formula is C27H29N3O. The zero-order valence-corrected chi connectivity index (χ0v) is 18.3. The molecule has 1 unspecified atom stereocenters. The number of hydrogen-bond donors (Lipinski definition) is 0. The lowest BCUT2D eigenvalue weighted by Gasteiger charge is -2.51. The first-order chi connectivity index (χ1) is 15.1. The van der Waals surface area contributed by atoms with E-state index in [-0.39, 0.29) is 11.8 Å². The lowest BCUT2D eigenvalue weighted by molar-refractivity contribution is -0.152. The first kappa shape index (κ1) is 18.9. The average Bonchev–Trinajstić information content (AvgIpc) is 3.26. The maximum Gasteiger partial charge on any atom is 0.200 e. The van der Waals surface area contributed by atoms with Gasteiger partial charge < -0.3 is 9.64 Å². The number of hydrogen-bond acceptors (Lipinski definition) is 4. The Morgan fingerprint density at radius 1 is 0.935 bits per heavy atom. The molecule has 4 nitrogen and oxygen atoms in total. The van der Waals surface area contributed by atoms with E-state index in [9.17, 15) is 0 Å². The van der Waals surface area contributed by atoms with Crippen molar-refractivity contribution in [2.45, 2.75) is 50.9 Å². The summed E-state index contributed by atoms with van der Waals surface area (Å²) in [6.07, 6.45) is 2.88. The Hall–Kier alpha value is -2.85. The summed E-state index contributed by atoms with van der Waals surface area (Å²) in [6, 6.07) is 24.6. The largest absolute Gasteiger partial charge is 0.466 e. The van der Waals surface area contributed by atoms with Gasteiger partial charge in [-0.05, 0) is 42.3 Å². The van der Waals surface area contributed by atoms with Crippen molar-refractivity contribution in [2.24, 2.45) is 5.10 Å². The van der Waals surface area contributed by atoms with E-state index in [1.54, 1.807) is 0 Å². The molecule has 3 heterocycles. The molecule has 0 aliphatic carbocycles. The summed E-state index contributed by atoms with van der Waals surface area (Å²) in [5, 5.41) is 10.1. The van der Waals surface area contributed by atoms with Gasteiger partial charge in [-0.15, -0.1) is 0 Å². The summed E-state index contributed by atoms with van der Waals surface area (Å²) in [5.41, 5.74) is 3.31. The van der Waals surface area contributed by atoms with Crippen LogP contribution in [0.15, 0.2) is 71.8 Å². The fourth-order valence-electron chi connectivity index (χ4n) is 5.49. The summed E-state index contributed by atoms with van der Waals surface area (Å²) in [4.78, 5) is 2.55. The van der Waals surface area contributed by atoms with E-state index in [1.807, 2.05) is 0 Å². The Morgan fingerprint density at radius 2 is 1.68 bits per heavy atom. The third-order valence-corrected chi connectivity index (χ3v) is 7.30. The van der Waals surface area contributed by atoms with Crippen molar-refractivity contribution < 1.29 is 4.74 Å². The van der Waals surface area contributed by atoms with Crippen LogP contribution in [0.25, 0.3) is 10.8 Å². The average molecular weight is 412 g/mol. The molecule has 31 heavy (non-hydrogen) atoms. The molecule has 1 spiro atoms. The highest BCUT2D eigenvalue weighted by Gasteiger charge is 2.51. The Balaban J connectivity index is 1.40. The van der Waals surface area contributed by atoms with Gasteiger partial charge in [0, 0.05) is 44.0 Å². The summed E-state index contributed by atoms with van der Waals surface area (Å²) < 4.78 is 6.75. The molecule has 3 aromatic rings. The zero-order chi connectivity index (χ0) is 21.0. The van der Waals surface area contributed by atoms with Gasteiger partial charge in [0.2, 0.25) is 5.72 Å². The van der Waals surface area contributed by atoms with E-state index >= 15 is 0 Å². The highest BCUT2D eigenvalue weighted by atomic mass is 16.5.